The molecule has 0 unspecified atom stereocenters. The molecule has 1 fully saturated rings. The molecule has 0 bridgehead atoms. The largest absolute Gasteiger partial charge is 0.383 e. The normalized spacial score (nSPS) is 17.5. The van der Waals surface area contributed by atoms with Crippen LogP contribution in [0.2, 0.25) is 0 Å². The summed E-state index contributed by atoms with van der Waals surface area (Å²) < 4.78 is 20.4. The van der Waals surface area contributed by atoms with E-state index in [2.05, 4.69) is 32.2 Å². The lowest BCUT2D eigenvalue weighted by Crippen LogP contribution is -2.48. The first-order valence-corrected chi connectivity index (χ1v) is 9.19. The van der Waals surface area contributed by atoms with Gasteiger partial charge in [0.1, 0.15) is 5.82 Å². The lowest BCUT2D eigenvalue weighted by atomic mass is 10.0. The summed E-state index contributed by atoms with van der Waals surface area (Å²) >= 11 is 0. The molecule has 26 heavy (non-hydrogen) atoms. The molecule has 2 heterocycles. The highest BCUT2D eigenvalue weighted by molar-refractivity contribution is 5.25. The maximum Gasteiger partial charge on any atom is 0.173 e. The molecule has 1 aliphatic heterocycles. The van der Waals surface area contributed by atoms with Crippen LogP contribution in [0, 0.1) is 5.82 Å². The van der Waals surface area contributed by atoms with Crippen LogP contribution in [0.15, 0.2) is 24.3 Å². The van der Waals surface area contributed by atoms with Crippen LogP contribution in [0.4, 0.5) is 4.39 Å². The van der Waals surface area contributed by atoms with E-state index in [4.69, 9.17) is 4.74 Å². The van der Waals surface area contributed by atoms with Crippen molar-refractivity contribution in [2.24, 2.45) is 0 Å². The molecule has 0 saturated carbocycles. The fourth-order valence-electron chi connectivity index (χ4n) is 3.47. The second-order valence-electron chi connectivity index (χ2n) is 6.58. The third kappa shape index (κ3) is 4.44. The van der Waals surface area contributed by atoms with Crippen LogP contribution in [0.25, 0.3) is 0 Å². The first-order valence-electron chi connectivity index (χ1n) is 9.19. The second kappa shape index (κ2) is 9.16. The van der Waals surface area contributed by atoms with E-state index in [0.717, 1.165) is 50.5 Å². The predicted molar refractivity (Wildman–Crippen MR) is 96.2 cm³/mol. The molecule has 1 aromatic carbocycles. The summed E-state index contributed by atoms with van der Waals surface area (Å²) in [6.45, 7) is 8.36. The molecule has 8 heteroatoms. The zero-order chi connectivity index (χ0) is 18.4. The highest BCUT2D eigenvalue weighted by atomic mass is 19.1. The summed E-state index contributed by atoms with van der Waals surface area (Å²) in [7, 11) is 1.66. The monoisotopic (exact) mass is 362 g/mol. The van der Waals surface area contributed by atoms with Crippen LogP contribution in [-0.4, -0.2) is 76.4 Å². The number of hydrogen-bond donors (Lipinski definition) is 0. The van der Waals surface area contributed by atoms with Crippen LogP contribution in [0.5, 0.6) is 0 Å². The molecule has 0 aliphatic carbocycles. The minimum atomic E-state index is -0.237. The molecule has 0 amide bonds. The van der Waals surface area contributed by atoms with Crippen molar-refractivity contribution in [3.8, 4) is 0 Å². The predicted octanol–water partition coefficient (Wildman–Crippen LogP) is 1.58. The number of methoxy groups -OCH3 is 1. The van der Waals surface area contributed by atoms with Gasteiger partial charge in [-0.2, -0.15) is 0 Å². The second-order valence-corrected chi connectivity index (χ2v) is 6.58. The van der Waals surface area contributed by atoms with E-state index in [-0.39, 0.29) is 11.9 Å². The van der Waals surface area contributed by atoms with E-state index in [9.17, 15) is 4.39 Å². The number of nitrogens with zero attached hydrogens (tertiary/aromatic N) is 6. The molecule has 1 aromatic heterocycles. The third-order valence-electron chi connectivity index (χ3n) is 4.81. The van der Waals surface area contributed by atoms with Crippen LogP contribution in [-0.2, 0) is 11.3 Å². The number of rotatable bonds is 8. The van der Waals surface area contributed by atoms with Gasteiger partial charge in [0.2, 0.25) is 0 Å². The van der Waals surface area contributed by atoms with E-state index < -0.39 is 0 Å². The van der Waals surface area contributed by atoms with Gasteiger partial charge in [0, 0.05) is 33.3 Å². The molecule has 1 saturated heterocycles. The molecule has 7 nitrogen and oxygen atoms in total. The third-order valence-corrected chi connectivity index (χ3v) is 4.81. The fraction of sp³-hybridized carbons (Fsp3) is 0.611. The van der Waals surface area contributed by atoms with Crippen LogP contribution < -0.4 is 0 Å². The summed E-state index contributed by atoms with van der Waals surface area (Å²) in [5.74, 6) is 0.539. The zero-order valence-corrected chi connectivity index (χ0v) is 15.5. The molecule has 1 aliphatic rings. The Morgan fingerprint density at radius 2 is 1.85 bits per heavy atom. The van der Waals surface area contributed by atoms with E-state index in [0.29, 0.717) is 13.2 Å². The fourth-order valence-corrected chi connectivity index (χ4v) is 3.47. The van der Waals surface area contributed by atoms with E-state index in [1.54, 1.807) is 11.8 Å². The molecule has 2 aromatic rings. The molecular formula is C18H27FN6O. The van der Waals surface area contributed by atoms with Crippen molar-refractivity contribution >= 4 is 0 Å². The Kier molecular flexibility index (Phi) is 6.65. The minimum Gasteiger partial charge on any atom is -0.383 e. The first kappa shape index (κ1) is 18.9. The lowest BCUT2D eigenvalue weighted by Gasteiger charge is -2.38. The number of hydrogen-bond acceptors (Lipinski definition) is 6. The van der Waals surface area contributed by atoms with Crippen molar-refractivity contribution in [2.75, 3.05) is 46.4 Å². The highest BCUT2D eigenvalue weighted by Crippen LogP contribution is 2.28. The molecule has 142 valence electrons. The molecule has 0 N–H and O–H groups in total. The summed E-state index contributed by atoms with van der Waals surface area (Å²) in [6.07, 6.45) is 1.16. The number of benzene rings is 1. The quantitative estimate of drug-likeness (QED) is 0.711. The van der Waals surface area contributed by atoms with E-state index in [1.165, 1.54) is 12.1 Å². The zero-order valence-electron chi connectivity index (χ0n) is 15.5. The Hall–Kier alpha value is -1.90. The molecular weight excluding hydrogens is 335 g/mol. The van der Waals surface area contributed by atoms with Crippen molar-refractivity contribution < 1.29 is 9.13 Å². The van der Waals surface area contributed by atoms with Gasteiger partial charge >= 0.3 is 0 Å². The van der Waals surface area contributed by atoms with Gasteiger partial charge in [0.15, 0.2) is 5.82 Å². The van der Waals surface area contributed by atoms with Crippen LogP contribution >= 0.6 is 0 Å². The van der Waals surface area contributed by atoms with Gasteiger partial charge in [-0.1, -0.05) is 19.1 Å². The van der Waals surface area contributed by atoms with E-state index >= 15 is 0 Å². The Balaban J connectivity index is 1.86. The maximum atomic E-state index is 13.4. The number of piperazine rings is 1. The number of tetrazole rings is 1. The summed E-state index contributed by atoms with van der Waals surface area (Å²) in [5.41, 5.74) is 1.00. The standard InChI is InChI=1S/C18H27FN6O/c1-3-8-23-9-11-24(12-10-23)17(15-4-6-16(19)7-5-15)18-20-21-22-25(18)13-14-26-2/h4-7,17H,3,8-14H2,1-2H3/t17-/m0/s1. The molecule has 3 rings (SSSR count). The summed E-state index contributed by atoms with van der Waals surface area (Å²) in [4.78, 5) is 4.86. The Morgan fingerprint density at radius 1 is 1.12 bits per heavy atom. The smallest absolute Gasteiger partial charge is 0.173 e. The van der Waals surface area contributed by atoms with Gasteiger partial charge in [-0.15, -0.1) is 5.10 Å². The molecule has 1 atom stereocenters. The van der Waals surface area contributed by atoms with Gasteiger partial charge < -0.3 is 9.64 Å². The number of aromatic nitrogens is 4. The van der Waals surface area contributed by atoms with Gasteiger partial charge in [0.05, 0.1) is 19.2 Å². The number of ether oxygens (including phenoxy) is 1. The van der Waals surface area contributed by atoms with Gasteiger partial charge in [0.25, 0.3) is 0 Å². The Bertz CT molecular complexity index is 669. The molecule has 0 spiro atoms. The maximum absolute atomic E-state index is 13.4. The van der Waals surface area contributed by atoms with Crippen molar-refractivity contribution in [3.63, 3.8) is 0 Å². The minimum absolute atomic E-state index is 0.0915. The highest BCUT2D eigenvalue weighted by Gasteiger charge is 2.30. The van der Waals surface area contributed by atoms with Gasteiger partial charge in [-0.3, -0.25) is 4.90 Å². The average Bonchev–Trinajstić information content (AvgIpc) is 3.11. The first-order chi connectivity index (χ1) is 12.7. The van der Waals surface area contributed by atoms with Crippen molar-refractivity contribution in [1.29, 1.82) is 0 Å². The molecule has 0 radical (unpaired) electrons. The Morgan fingerprint density at radius 3 is 2.50 bits per heavy atom. The van der Waals surface area contributed by atoms with Crippen molar-refractivity contribution in [3.05, 3.63) is 41.5 Å². The summed E-state index contributed by atoms with van der Waals surface area (Å²) in [5, 5.41) is 12.3. The van der Waals surface area contributed by atoms with Crippen molar-refractivity contribution in [2.45, 2.75) is 25.9 Å². The van der Waals surface area contributed by atoms with E-state index in [1.807, 2.05) is 12.1 Å². The average molecular weight is 362 g/mol. The van der Waals surface area contributed by atoms with Crippen molar-refractivity contribution in [1.82, 2.24) is 30.0 Å². The summed E-state index contributed by atoms with van der Waals surface area (Å²) in [6, 6.07) is 6.56. The Labute approximate surface area is 153 Å². The van der Waals surface area contributed by atoms with Gasteiger partial charge in [-0.25, -0.2) is 9.07 Å². The SMILES string of the molecule is CCCN1CCN([C@@H](c2ccc(F)cc2)c2nnnn2CCOC)CC1. The lowest BCUT2D eigenvalue weighted by molar-refractivity contribution is 0.103. The van der Waals surface area contributed by atoms with Crippen LogP contribution in [0.3, 0.4) is 0 Å². The topological polar surface area (TPSA) is 59.3 Å². The van der Waals surface area contributed by atoms with Gasteiger partial charge in [-0.05, 0) is 41.1 Å². The van der Waals surface area contributed by atoms with Crippen LogP contribution in [0.1, 0.15) is 30.8 Å². The number of halogens is 1.